The fraction of sp³-hybridized carbons (Fsp3) is 0.200. The van der Waals surface area contributed by atoms with E-state index in [-0.39, 0.29) is 23.3 Å². The van der Waals surface area contributed by atoms with E-state index in [1.165, 1.54) is 11.8 Å². The van der Waals surface area contributed by atoms with E-state index in [4.69, 9.17) is 11.6 Å². The van der Waals surface area contributed by atoms with Crippen LogP contribution in [-0.2, 0) is 9.59 Å². The van der Waals surface area contributed by atoms with E-state index in [1.807, 2.05) is 24.3 Å². The van der Waals surface area contributed by atoms with Crippen LogP contribution in [0.3, 0.4) is 0 Å². The summed E-state index contributed by atoms with van der Waals surface area (Å²) in [6, 6.07) is 12.9. The van der Waals surface area contributed by atoms with Crippen LogP contribution in [0.25, 0.3) is 0 Å². The van der Waals surface area contributed by atoms with Crippen molar-refractivity contribution in [1.29, 1.82) is 0 Å². The summed E-state index contributed by atoms with van der Waals surface area (Å²) in [5, 5.41) is 12.1. The lowest BCUT2D eigenvalue weighted by Crippen LogP contribution is -2.29. The maximum Gasteiger partial charge on any atom is 0.276 e. The monoisotopic (exact) mass is 412 g/mol. The molecule has 2 aromatic rings. The Morgan fingerprint density at radius 2 is 1.96 bits per heavy atom. The van der Waals surface area contributed by atoms with Gasteiger partial charge < -0.3 is 5.32 Å². The number of benzene rings is 2. The normalized spacial score (nSPS) is 19.1. The van der Waals surface area contributed by atoms with Crippen molar-refractivity contribution in [2.24, 2.45) is 10.2 Å². The highest BCUT2D eigenvalue weighted by Crippen LogP contribution is 2.30. The van der Waals surface area contributed by atoms with Crippen molar-refractivity contribution >= 4 is 57.4 Å². The minimum Gasteiger partial charge on any atom is -0.320 e. The minimum atomic E-state index is -0.343. The summed E-state index contributed by atoms with van der Waals surface area (Å²) in [5.74, 6) is 0.215. The van der Waals surface area contributed by atoms with Gasteiger partial charge in [-0.1, -0.05) is 49.3 Å². The number of amidine groups is 1. The Kier molecular flexibility index (Phi) is 4.95. The molecule has 28 heavy (non-hydrogen) atoms. The fourth-order valence-electron chi connectivity index (χ4n) is 3.03. The van der Waals surface area contributed by atoms with Gasteiger partial charge >= 0.3 is 0 Å². The number of carbonyl (C=O) groups is 2. The number of hydrogen-bond acceptors (Lipinski definition) is 5. The van der Waals surface area contributed by atoms with Crippen molar-refractivity contribution < 1.29 is 9.59 Å². The van der Waals surface area contributed by atoms with Crippen molar-refractivity contribution in [1.82, 2.24) is 0 Å². The lowest BCUT2D eigenvalue weighted by Gasteiger charge is -2.17. The molecule has 0 atom stereocenters. The Balaban J connectivity index is 1.71. The first kappa shape index (κ1) is 18.7. The standard InChI is InChI=1S/C20H17ClN4O2S/c1-11(2)12-4-3-5-14(8-12)25-17(26)10-28-20(25)24-23-18-15-9-13(21)6-7-16(15)22-19(18)27/h3-9,11H,10H2,1-2H3,(H,22,23,27). The van der Waals surface area contributed by atoms with E-state index in [2.05, 4.69) is 29.4 Å². The number of hydrogen-bond donors (Lipinski definition) is 1. The van der Waals surface area contributed by atoms with Crippen LogP contribution in [-0.4, -0.2) is 28.4 Å². The third-order valence-corrected chi connectivity index (χ3v) is 5.64. The van der Waals surface area contributed by atoms with Crippen LogP contribution in [0.5, 0.6) is 0 Å². The third kappa shape index (κ3) is 3.43. The average molecular weight is 413 g/mol. The highest BCUT2D eigenvalue weighted by Gasteiger charge is 2.31. The Labute approximate surface area is 171 Å². The Morgan fingerprint density at radius 3 is 2.75 bits per heavy atom. The quantitative estimate of drug-likeness (QED) is 0.765. The van der Waals surface area contributed by atoms with Crippen LogP contribution in [0, 0.1) is 0 Å². The van der Waals surface area contributed by atoms with Crippen LogP contribution in [0.1, 0.15) is 30.9 Å². The van der Waals surface area contributed by atoms with E-state index in [0.29, 0.717) is 27.4 Å². The average Bonchev–Trinajstić information content (AvgIpc) is 3.19. The van der Waals surface area contributed by atoms with Gasteiger partial charge in [0.05, 0.1) is 17.1 Å². The number of thioether (sulfide) groups is 1. The molecule has 0 unspecified atom stereocenters. The van der Waals surface area contributed by atoms with Crippen molar-refractivity contribution in [3.63, 3.8) is 0 Å². The molecule has 0 spiro atoms. The van der Waals surface area contributed by atoms with Crippen LogP contribution < -0.4 is 10.2 Å². The molecule has 2 aliphatic heterocycles. The second-order valence-corrected chi connectivity index (χ2v) is 8.12. The van der Waals surface area contributed by atoms with Gasteiger partial charge in [0, 0.05) is 10.6 Å². The molecule has 2 aromatic carbocycles. The third-order valence-electron chi connectivity index (χ3n) is 4.50. The molecule has 1 saturated heterocycles. The van der Waals surface area contributed by atoms with Gasteiger partial charge in [0.2, 0.25) is 5.91 Å². The van der Waals surface area contributed by atoms with Gasteiger partial charge in [-0.15, -0.1) is 10.2 Å². The summed E-state index contributed by atoms with van der Waals surface area (Å²) in [4.78, 5) is 26.2. The molecule has 0 aromatic heterocycles. The molecule has 0 aliphatic carbocycles. The molecule has 142 valence electrons. The first-order chi connectivity index (χ1) is 13.4. The molecule has 1 fully saturated rings. The lowest BCUT2D eigenvalue weighted by atomic mass is 10.0. The summed E-state index contributed by atoms with van der Waals surface area (Å²) < 4.78 is 0. The predicted molar refractivity (Wildman–Crippen MR) is 115 cm³/mol. The van der Waals surface area contributed by atoms with E-state index in [1.54, 1.807) is 23.1 Å². The summed E-state index contributed by atoms with van der Waals surface area (Å²) in [7, 11) is 0. The first-order valence-electron chi connectivity index (χ1n) is 8.76. The number of fused-ring (bicyclic) bond motifs is 1. The summed E-state index contributed by atoms with van der Waals surface area (Å²) in [6.07, 6.45) is 0. The molecule has 0 radical (unpaired) electrons. The molecule has 4 rings (SSSR count). The minimum absolute atomic E-state index is 0.0656. The Bertz CT molecular complexity index is 1050. The molecule has 1 N–H and O–H groups in total. The van der Waals surface area contributed by atoms with Gasteiger partial charge in [0.25, 0.3) is 5.91 Å². The predicted octanol–water partition coefficient (Wildman–Crippen LogP) is 4.26. The SMILES string of the molecule is CC(C)c1cccc(N2C(=O)CSC2=NN=C2C(=O)Nc3ccc(Cl)cc32)c1. The van der Waals surface area contributed by atoms with Gasteiger partial charge in [-0.3, -0.25) is 14.5 Å². The highest BCUT2D eigenvalue weighted by atomic mass is 35.5. The first-order valence-corrected chi connectivity index (χ1v) is 10.1. The molecule has 6 nitrogen and oxygen atoms in total. The number of amides is 2. The molecule has 2 aliphatic rings. The van der Waals surface area contributed by atoms with E-state index in [9.17, 15) is 9.59 Å². The topological polar surface area (TPSA) is 74.1 Å². The summed E-state index contributed by atoms with van der Waals surface area (Å²) in [5.41, 5.74) is 3.31. The van der Waals surface area contributed by atoms with E-state index >= 15 is 0 Å². The van der Waals surface area contributed by atoms with E-state index in [0.717, 1.165) is 11.3 Å². The molecular formula is C20H17ClN4O2S. The number of rotatable bonds is 3. The zero-order valence-corrected chi connectivity index (χ0v) is 16.8. The second-order valence-electron chi connectivity index (χ2n) is 6.74. The molecule has 8 heteroatoms. The van der Waals surface area contributed by atoms with E-state index < -0.39 is 0 Å². The largest absolute Gasteiger partial charge is 0.320 e. The number of nitrogens with one attached hydrogen (secondary N) is 1. The maximum atomic E-state index is 12.4. The summed E-state index contributed by atoms with van der Waals surface area (Å²) in [6.45, 7) is 4.20. The molecule has 2 amide bonds. The number of anilines is 2. The number of nitrogens with zero attached hydrogens (tertiary/aromatic N) is 3. The van der Waals surface area contributed by atoms with Gasteiger partial charge in [-0.05, 0) is 41.8 Å². The second kappa shape index (κ2) is 7.41. The molecular weight excluding hydrogens is 396 g/mol. The van der Waals surface area contributed by atoms with Gasteiger partial charge in [0.1, 0.15) is 0 Å². The van der Waals surface area contributed by atoms with Gasteiger partial charge in [-0.2, -0.15) is 0 Å². The van der Waals surface area contributed by atoms with Crippen molar-refractivity contribution in [2.75, 3.05) is 16.0 Å². The summed E-state index contributed by atoms with van der Waals surface area (Å²) >= 11 is 7.34. The molecule has 0 bridgehead atoms. The van der Waals surface area contributed by atoms with Gasteiger partial charge in [0.15, 0.2) is 10.9 Å². The fourth-order valence-corrected chi connectivity index (χ4v) is 4.02. The van der Waals surface area contributed by atoms with Crippen LogP contribution in [0.4, 0.5) is 11.4 Å². The molecule has 2 heterocycles. The van der Waals surface area contributed by atoms with Gasteiger partial charge in [-0.25, -0.2) is 0 Å². The Morgan fingerprint density at radius 1 is 1.14 bits per heavy atom. The van der Waals surface area contributed by atoms with Crippen molar-refractivity contribution in [3.8, 4) is 0 Å². The van der Waals surface area contributed by atoms with Crippen molar-refractivity contribution in [3.05, 3.63) is 58.6 Å². The molecule has 0 saturated carbocycles. The highest BCUT2D eigenvalue weighted by molar-refractivity contribution is 8.15. The Hall–Kier alpha value is -2.64. The maximum absolute atomic E-state index is 12.4. The van der Waals surface area contributed by atoms with Crippen LogP contribution >= 0.6 is 23.4 Å². The number of carbonyl (C=O) groups excluding carboxylic acids is 2. The van der Waals surface area contributed by atoms with Crippen molar-refractivity contribution in [2.45, 2.75) is 19.8 Å². The lowest BCUT2D eigenvalue weighted by molar-refractivity contribution is -0.115. The number of halogens is 1. The zero-order chi connectivity index (χ0) is 19.8. The smallest absolute Gasteiger partial charge is 0.276 e. The van der Waals surface area contributed by atoms with Crippen LogP contribution in [0.2, 0.25) is 5.02 Å². The zero-order valence-electron chi connectivity index (χ0n) is 15.3. The van der Waals surface area contributed by atoms with Crippen LogP contribution in [0.15, 0.2) is 52.7 Å².